The Balaban J connectivity index is 2.37. The number of nitrogens with one attached hydrogen (secondary N) is 1. The van der Waals surface area contributed by atoms with E-state index < -0.39 is 0 Å². The van der Waals surface area contributed by atoms with Crippen molar-refractivity contribution in [2.24, 2.45) is 5.92 Å². The number of rotatable bonds is 4. The molecule has 2 rings (SSSR count). The minimum Gasteiger partial charge on any atom is -0.382 e. The number of benzene rings is 1. The predicted octanol–water partition coefficient (Wildman–Crippen LogP) is 3.58. The number of nitrogens with two attached hydrogens (primary N) is 1. The van der Waals surface area contributed by atoms with Crippen LogP contribution in [0.1, 0.15) is 19.4 Å². The Kier molecular flexibility index (Phi) is 3.97. The van der Waals surface area contributed by atoms with Gasteiger partial charge in [-0.05, 0) is 36.3 Å². The van der Waals surface area contributed by atoms with Crippen molar-refractivity contribution >= 4 is 17.6 Å². The summed E-state index contributed by atoms with van der Waals surface area (Å²) in [7, 11) is 0. The van der Waals surface area contributed by atoms with Crippen molar-refractivity contribution in [3.05, 3.63) is 29.8 Å². The van der Waals surface area contributed by atoms with Crippen LogP contribution in [-0.4, -0.2) is 16.5 Å². The van der Waals surface area contributed by atoms with Crippen LogP contribution >= 0.6 is 11.8 Å². The SMILES string of the molecule is CSc1ccc(-c2[nH]nc(N)c2CC(C)C)cc1. The number of H-pyrrole nitrogens is 1. The first kappa shape index (κ1) is 13.0. The standard InChI is InChI=1S/C14H19N3S/c1-9(2)8-12-13(16-17-14(12)15)10-4-6-11(18-3)7-5-10/h4-7,9H,8H2,1-3H3,(H3,15,16,17). The Bertz CT molecular complexity index is 514. The summed E-state index contributed by atoms with van der Waals surface area (Å²) in [5.74, 6) is 1.18. The quantitative estimate of drug-likeness (QED) is 0.827. The number of hydrogen-bond donors (Lipinski definition) is 2. The summed E-state index contributed by atoms with van der Waals surface area (Å²) in [4.78, 5) is 1.26. The molecular weight excluding hydrogens is 242 g/mol. The van der Waals surface area contributed by atoms with Gasteiger partial charge in [0.15, 0.2) is 0 Å². The highest BCUT2D eigenvalue weighted by molar-refractivity contribution is 7.98. The number of hydrogen-bond acceptors (Lipinski definition) is 3. The van der Waals surface area contributed by atoms with E-state index in [0.717, 1.165) is 23.2 Å². The van der Waals surface area contributed by atoms with Crippen LogP contribution in [0.5, 0.6) is 0 Å². The van der Waals surface area contributed by atoms with Crippen molar-refractivity contribution in [2.75, 3.05) is 12.0 Å². The molecule has 18 heavy (non-hydrogen) atoms. The second kappa shape index (κ2) is 5.48. The summed E-state index contributed by atoms with van der Waals surface area (Å²) >= 11 is 1.74. The molecule has 0 radical (unpaired) electrons. The molecule has 4 heteroatoms. The number of aromatic nitrogens is 2. The van der Waals surface area contributed by atoms with Crippen molar-refractivity contribution in [3.8, 4) is 11.3 Å². The molecule has 0 aliphatic heterocycles. The van der Waals surface area contributed by atoms with Gasteiger partial charge in [-0.3, -0.25) is 5.10 Å². The van der Waals surface area contributed by atoms with E-state index in [2.05, 4.69) is 54.6 Å². The highest BCUT2D eigenvalue weighted by Crippen LogP contribution is 2.28. The molecule has 1 aromatic carbocycles. The Morgan fingerprint density at radius 3 is 2.50 bits per heavy atom. The van der Waals surface area contributed by atoms with Gasteiger partial charge in [-0.25, -0.2) is 0 Å². The van der Waals surface area contributed by atoms with Crippen LogP contribution in [0.25, 0.3) is 11.3 Å². The Morgan fingerprint density at radius 2 is 1.94 bits per heavy atom. The molecule has 2 aromatic rings. The molecule has 1 heterocycles. The molecule has 0 bridgehead atoms. The number of nitrogen functional groups attached to an aromatic ring is 1. The molecule has 96 valence electrons. The lowest BCUT2D eigenvalue weighted by Gasteiger charge is -2.07. The van der Waals surface area contributed by atoms with Gasteiger partial charge < -0.3 is 5.73 Å². The van der Waals surface area contributed by atoms with Crippen LogP contribution in [0.15, 0.2) is 29.2 Å². The van der Waals surface area contributed by atoms with Crippen LogP contribution in [0.4, 0.5) is 5.82 Å². The first-order chi connectivity index (χ1) is 8.61. The first-order valence-electron chi connectivity index (χ1n) is 6.09. The summed E-state index contributed by atoms with van der Waals surface area (Å²) < 4.78 is 0. The zero-order valence-corrected chi connectivity index (χ0v) is 11.8. The minimum absolute atomic E-state index is 0.564. The molecule has 0 amide bonds. The third-order valence-corrected chi connectivity index (χ3v) is 3.63. The summed E-state index contributed by atoms with van der Waals surface area (Å²) in [6.45, 7) is 4.38. The molecular formula is C14H19N3S. The van der Waals surface area contributed by atoms with Gasteiger partial charge in [0.1, 0.15) is 5.82 Å². The van der Waals surface area contributed by atoms with Crippen molar-refractivity contribution < 1.29 is 0 Å². The lowest BCUT2D eigenvalue weighted by molar-refractivity contribution is 0.649. The fraction of sp³-hybridized carbons (Fsp3) is 0.357. The van der Waals surface area contributed by atoms with E-state index in [9.17, 15) is 0 Å². The van der Waals surface area contributed by atoms with Crippen molar-refractivity contribution in [3.63, 3.8) is 0 Å². The fourth-order valence-corrected chi connectivity index (χ4v) is 2.40. The van der Waals surface area contributed by atoms with Gasteiger partial charge in [0.2, 0.25) is 0 Å². The Hall–Kier alpha value is -1.42. The molecule has 0 saturated heterocycles. The van der Waals surface area contributed by atoms with Crippen LogP contribution < -0.4 is 5.73 Å². The first-order valence-corrected chi connectivity index (χ1v) is 7.31. The highest BCUT2D eigenvalue weighted by Gasteiger charge is 2.13. The van der Waals surface area contributed by atoms with Crippen LogP contribution in [-0.2, 0) is 6.42 Å². The van der Waals surface area contributed by atoms with Crippen molar-refractivity contribution in [1.29, 1.82) is 0 Å². The van der Waals surface area contributed by atoms with E-state index in [1.807, 2.05) is 0 Å². The fourth-order valence-electron chi connectivity index (χ4n) is 1.99. The second-order valence-electron chi connectivity index (χ2n) is 4.79. The molecule has 0 fully saturated rings. The van der Waals surface area contributed by atoms with E-state index in [0.29, 0.717) is 11.7 Å². The third kappa shape index (κ3) is 2.70. The average molecular weight is 261 g/mol. The van der Waals surface area contributed by atoms with E-state index in [1.165, 1.54) is 4.90 Å². The molecule has 0 aliphatic rings. The summed E-state index contributed by atoms with van der Waals surface area (Å²) in [6.07, 6.45) is 3.02. The molecule has 0 saturated carbocycles. The van der Waals surface area contributed by atoms with Gasteiger partial charge in [-0.1, -0.05) is 26.0 Å². The predicted molar refractivity (Wildman–Crippen MR) is 78.8 cm³/mol. The largest absolute Gasteiger partial charge is 0.382 e. The number of thioether (sulfide) groups is 1. The summed E-state index contributed by atoms with van der Waals surface area (Å²) in [5, 5.41) is 7.19. The van der Waals surface area contributed by atoms with Gasteiger partial charge in [-0.15, -0.1) is 11.8 Å². The van der Waals surface area contributed by atoms with Crippen LogP contribution in [0.3, 0.4) is 0 Å². The maximum absolute atomic E-state index is 5.94. The van der Waals surface area contributed by atoms with Gasteiger partial charge in [-0.2, -0.15) is 5.10 Å². The van der Waals surface area contributed by atoms with E-state index in [1.54, 1.807) is 11.8 Å². The molecule has 1 aromatic heterocycles. The minimum atomic E-state index is 0.564. The lowest BCUT2D eigenvalue weighted by Crippen LogP contribution is -1.99. The highest BCUT2D eigenvalue weighted by atomic mass is 32.2. The van der Waals surface area contributed by atoms with Crippen LogP contribution in [0.2, 0.25) is 0 Å². The topological polar surface area (TPSA) is 54.7 Å². The Labute approximate surface area is 112 Å². The summed E-state index contributed by atoms with van der Waals surface area (Å²) in [5.41, 5.74) is 9.26. The number of anilines is 1. The van der Waals surface area contributed by atoms with Gasteiger partial charge in [0, 0.05) is 10.5 Å². The average Bonchev–Trinajstić information content (AvgIpc) is 2.71. The maximum atomic E-state index is 5.94. The molecule has 0 atom stereocenters. The van der Waals surface area contributed by atoms with Gasteiger partial charge in [0.25, 0.3) is 0 Å². The van der Waals surface area contributed by atoms with Gasteiger partial charge >= 0.3 is 0 Å². The van der Waals surface area contributed by atoms with Gasteiger partial charge in [0.05, 0.1) is 5.69 Å². The number of aromatic amines is 1. The van der Waals surface area contributed by atoms with E-state index >= 15 is 0 Å². The smallest absolute Gasteiger partial charge is 0.149 e. The normalized spacial score (nSPS) is 11.1. The van der Waals surface area contributed by atoms with Crippen LogP contribution in [0, 0.1) is 5.92 Å². The zero-order valence-electron chi connectivity index (χ0n) is 11.0. The maximum Gasteiger partial charge on any atom is 0.149 e. The number of nitrogens with zero attached hydrogens (tertiary/aromatic N) is 1. The van der Waals surface area contributed by atoms with Crippen molar-refractivity contribution in [1.82, 2.24) is 10.2 Å². The van der Waals surface area contributed by atoms with Crippen molar-refractivity contribution in [2.45, 2.75) is 25.2 Å². The third-order valence-electron chi connectivity index (χ3n) is 2.89. The van der Waals surface area contributed by atoms with E-state index in [4.69, 9.17) is 5.73 Å². The van der Waals surface area contributed by atoms with E-state index in [-0.39, 0.29) is 0 Å². The summed E-state index contributed by atoms with van der Waals surface area (Å²) in [6, 6.07) is 8.47. The molecule has 3 N–H and O–H groups in total. The monoisotopic (exact) mass is 261 g/mol. The zero-order chi connectivity index (χ0) is 13.1. The molecule has 3 nitrogen and oxygen atoms in total. The molecule has 0 aliphatic carbocycles. The Morgan fingerprint density at radius 1 is 1.28 bits per heavy atom. The molecule has 0 unspecified atom stereocenters. The lowest BCUT2D eigenvalue weighted by atomic mass is 9.99. The molecule has 0 spiro atoms. The second-order valence-corrected chi connectivity index (χ2v) is 5.67.